The van der Waals surface area contributed by atoms with E-state index in [-0.39, 0.29) is 11.5 Å². The maximum atomic E-state index is 12.6. The lowest BCUT2D eigenvalue weighted by atomic mass is 10.1. The molecule has 1 aromatic heterocycles. The summed E-state index contributed by atoms with van der Waals surface area (Å²) in [5.41, 5.74) is 3.09. The first-order valence-electron chi connectivity index (χ1n) is 8.73. The molecule has 0 bridgehead atoms. The predicted molar refractivity (Wildman–Crippen MR) is 105 cm³/mol. The Bertz CT molecular complexity index is 989. The van der Waals surface area contributed by atoms with Gasteiger partial charge in [0.15, 0.2) is 0 Å². The molecule has 3 rings (SSSR count). The van der Waals surface area contributed by atoms with E-state index in [0.29, 0.717) is 16.8 Å². The molecule has 2 aromatic carbocycles. The fourth-order valence-corrected chi connectivity index (χ4v) is 3.06. The number of rotatable bonds is 5. The van der Waals surface area contributed by atoms with Gasteiger partial charge < -0.3 is 14.6 Å². The van der Waals surface area contributed by atoms with Crippen LogP contribution in [0.4, 0.5) is 11.4 Å². The number of fused-ring (bicyclic) bond motifs is 1. The minimum absolute atomic E-state index is 0.173. The summed E-state index contributed by atoms with van der Waals surface area (Å²) < 4.78 is 5.37. The number of hydrogen-bond acceptors (Lipinski definition) is 4. The third kappa shape index (κ3) is 3.47. The van der Waals surface area contributed by atoms with Crippen LogP contribution in [0.5, 0.6) is 0 Å². The highest BCUT2D eigenvalue weighted by Crippen LogP contribution is 2.32. The molecular weight excluding hydrogens is 328 g/mol. The SMILES string of the molecule is CCN(CC)c1cc2oc(=O)cc(C)c2cc1NC(=O)c1ccccc1. The molecule has 0 radical (unpaired) electrons. The van der Waals surface area contributed by atoms with E-state index in [1.54, 1.807) is 12.1 Å². The van der Waals surface area contributed by atoms with Gasteiger partial charge in [-0.05, 0) is 44.5 Å². The van der Waals surface area contributed by atoms with Gasteiger partial charge in [0.25, 0.3) is 5.91 Å². The van der Waals surface area contributed by atoms with Crippen LogP contribution in [0, 0.1) is 6.92 Å². The number of nitrogens with zero attached hydrogens (tertiary/aromatic N) is 1. The van der Waals surface area contributed by atoms with Crippen LogP contribution in [0.25, 0.3) is 11.0 Å². The molecule has 1 N–H and O–H groups in total. The van der Waals surface area contributed by atoms with Gasteiger partial charge in [0.05, 0.1) is 11.4 Å². The molecule has 0 saturated carbocycles. The molecule has 0 saturated heterocycles. The lowest BCUT2D eigenvalue weighted by Gasteiger charge is -2.25. The zero-order chi connectivity index (χ0) is 18.7. The van der Waals surface area contributed by atoms with E-state index < -0.39 is 0 Å². The molecule has 0 atom stereocenters. The molecule has 0 aliphatic heterocycles. The summed E-state index contributed by atoms with van der Waals surface area (Å²) in [4.78, 5) is 26.5. The number of benzene rings is 2. The van der Waals surface area contributed by atoms with Crippen LogP contribution in [0.3, 0.4) is 0 Å². The van der Waals surface area contributed by atoms with E-state index in [1.165, 1.54) is 6.07 Å². The topological polar surface area (TPSA) is 62.6 Å². The molecule has 0 aliphatic carbocycles. The second-order valence-corrected chi connectivity index (χ2v) is 6.11. The van der Waals surface area contributed by atoms with Gasteiger partial charge >= 0.3 is 5.63 Å². The van der Waals surface area contributed by atoms with Crippen molar-refractivity contribution in [3.05, 3.63) is 70.1 Å². The van der Waals surface area contributed by atoms with Gasteiger partial charge in [0, 0.05) is 36.2 Å². The van der Waals surface area contributed by atoms with Gasteiger partial charge in [-0.15, -0.1) is 0 Å². The van der Waals surface area contributed by atoms with Crippen molar-refractivity contribution in [1.82, 2.24) is 0 Å². The molecule has 0 aliphatic rings. The Labute approximate surface area is 152 Å². The monoisotopic (exact) mass is 350 g/mol. The number of carbonyl (C=O) groups excluding carboxylic acids is 1. The van der Waals surface area contributed by atoms with Gasteiger partial charge in [0.1, 0.15) is 5.58 Å². The van der Waals surface area contributed by atoms with Crippen molar-refractivity contribution in [1.29, 1.82) is 0 Å². The van der Waals surface area contributed by atoms with E-state index in [1.807, 2.05) is 51.1 Å². The van der Waals surface area contributed by atoms with Crippen molar-refractivity contribution < 1.29 is 9.21 Å². The second-order valence-electron chi connectivity index (χ2n) is 6.11. The summed E-state index contributed by atoms with van der Waals surface area (Å²) in [6.07, 6.45) is 0. The molecule has 1 amide bonds. The zero-order valence-electron chi connectivity index (χ0n) is 15.2. The van der Waals surface area contributed by atoms with Crippen LogP contribution in [-0.4, -0.2) is 19.0 Å². The first-order valence-corrected chi connectivity index (χ1v) is 8.73. The van der Waals surface area contributed by atoms with E-state index in [0.717, 1.165) is 29.7 Å². The molecule has 26 heavy (non-hydrogen) atoms. The van der Waals surface area contributed by atoms with Crippen molar-refractivity contribution in [3.63, 3.8) is 0 Å². The molecular formula is C21H22N2O3. The van der Waals surface area contributed by atoms with Crippen LogP contribution in [0.15, 0.2) is 57.7 Å². The molecule has 0 fully saturated rings. The van der Waals surface area contributed by atoms with E-state index in [2.05, 4.69) is 10.2 Å². The lowest BCUT2D eigenvalue weighted by molar-refractivity contribution is 0.102. The number of carbonyl (C=O) groups is 1. The van der Waals surface area contributed by atoms with Crippen molar-refractivity contribution in [2.45, 2.75) is 20.8 Å². The number of anilines is 2. The first-order chi connectivity index (χ1) is 12.5. The highest BCUT2D eigenvalue weighted by Gasteiger charge is 2.16. The third-order valence-corrected chi connectivity index (χ3v) is 4.46. The van der Waals surface area contributed by atoms with Gasteiger partial charge in [-0.3, -0.25) is 4.79 Å². The fourth-order valence-electron chi connectivity index (χ4n) is 3.06. The van der Waals surface area contributed by atoms with Gasteiger partial charge in [0.2, 0.25) is 0 Å². The highest BCUT2D eigenvalue weighted by molar-refractivity contribution is 6.07. The average Bonchev–Trinajstić information content (AvgIpc) is 2.64. The fraction of sp³-hybridized carbons (Fsp3) is 0.238. The summed E-state index contributed by atoms with van der Waals surface area (Å²) in [6, 6.07) is 14.3. The summed E-state index contributed by atoms with van der Waals surface area (Å²) >= 11 is 0. The van der Waals surface area contributed by atoms with E-state index in [4.69, 9.17) is 4.42 Å². The summed E-state index contributed by atoms with van der Waals surface area (Å²) in [6.45, 7) is 7.49. The maximum Gasteiger partial charge on any atom is 0.336 e. The van der Waals surface area contributed by atoms with Crippen molar-refractivity contribution in [2.24, 2.45) is 0 Å². The normalized spacial score (nSPS) is 10.7. The Morgan fingerprint density at radius 1 is 1.08 bits per heavy atom. The van der Waals surface area contributed by atoms with Crippen molar-refractivity contribution in [3.8, 4) is 0 Å². The van der Waals surface area contributed by atoms with Crippen LogP contribution in [-0.2, 0) is 0 Å². The van der Waals surface area contributed by atoms with E-state index in [9.17, 15) is 9.59 Å². The number of nitrogens with one attached hydrogen (secondary N) is 1. The third-order valence-electron chi connectivity index (χ3n) is 4.46. The molecule has 5 nitrogen and oxygen atoms in total. The lowest BCUT2D eigenvalue weighted by Crippen LogP contribution is -2.24. The Balaban J connectivity index is 2.13. The second kappa shape index (κ2) is 7.44. The number of aryl methyl sites for hydroxylation is 1. The Morgan fingerprint density at radius 3 is 2.42 bits per heavy atom. The van der Waals surface area contributed by atoms with Crippen LogP contribution < -0.4 is 15.8 Å². The summed E-state index contributed by atoms with van der Waals surface area (Å²) in [5, 5.41) is 3.82. The minimum Gasteiger partial charge on any atom is -0.423 e. The van der Waals surface area contributed by atoms with Gasteiger partial charge in [-0.2, -0.15) is 0 Å². The highest BCUT2D eigenvalue weighted by atomic mass is 16.4. The molecule has 5 heteroatoms. The van der Waals surface area contributed by atoms with Crippen molar-refractivity contribution >= 4 is 28.3 Å². The Morgan fingerprint density at radius 2 is 1.77 bits per heavy atom. The Hall–Kier alpha value is -3.08. The quantitative estimate of drug-likeness (QED) is 0.701. The summed E-state index contributed by atoms with van der Waals surface area (Å²) in [7, 11) is 0. The van der Waals surface area contributed by atoms with Crippen LogP contribution in [0.2, 0.25) is 0 Å². The molecule has 3 aromatic rings. The molecule has 134 valence electrons. The summed E-state index contributed by atoms with van der Waals surface area (Å²) in [5.74, 6) is -0.173. The number of hydrogen-bond donors (Lipinski definition) is 1. The first kappa shape index (κ1) is 17.7. The average molecular weight is 350 g/mol. The smallest absolute Gasteiger partial charge is 0.336 e. The maximum absolute atomic E-state index is 12.6. The largest absolute Gasteiger partial charge is 0.423 e. The standard InChI is InChI=1S/C21H22N2O3/c1-4-23(5-2)18-13-19-16(14(3)11-20(24)26-19)12-17(18)22-21(25)15-9-7-6-8-10-15/h6-13H,4-5H2,1-3H3,(H,22,25). The minimum atomic E-state index is -0.374. The Kier molecular flexibility index (Phi) is 5.07. The van der Waals surface area contributed by atoms with Gasteiger partial charge in [-0.1, -0.05) is 18.2 Å². The molecule has 0 unspecified atom stereocenters. The van der Waals surface area contributed by atoms with Gasteiger partial charge in [-0.25, -0.2) is 4.79 Å². The zero-order valence-corrected chi connectivity index (χ0v) is 15.2. The molecule has 1 heterocycles. The van der Waals surface area contributed by atoms with E-state index >= 15 is 0 Å². The predicted octanol–water partition coefficient (Wildman–Crippen LogP) is 4.20. The molecule has 0 spiro atoms. The van der Waals surface area contributed by atoms with Crippen LogP contribution >= 0.6 is 0 Å². The number of amides is 1. The van der Waals surface area contributed by atoms with Crippen molar-refractivity contribution in [2.75, 3.05) is 23.3 Å². The van der Waals surface area contributed by atoms with Crippen LogP contribution in [0.1, 0.15) is 29.8 Å².